The molecule has 1 aliphatic heterocycles. The first-order valence-corrected chi connectivity index (χ1v) is 8.25. The third-order valence-corrected chi connectivity index (χ3v) is 4.28. The molecule has 0 atom stereocenters. The number of carbonyl (C=O) groups is 1. The smallest absolute Gasteiger partial charge is 0.231 e. The predicted octanol–water partition coefficient (Wildman–Crippen LogP) is 3.53. The van der Waals surface area contributed by atoms with Crippen LogP contribution >= 0.6 is 11.6 Å². The third-order valence-electron chi connectivity index (χ3n) is 4.00. The van der Waals surface area contributed by atoms with Gasteiger partial charge in [-0.1, -0.05) is 11.6 Å². The lowest BCUT2D eigenvalue weighted by molar-refractivity contribution is 0.104. The van der Waals surface area contributed by atoms with E-state index in [-0.39, 0.29) is 17.6 Å². The highest BCUT2D eigenvalue weighted by molar-refractivity contribution is 6.47. The van der Waals surface area contributed by atoms with Crippen molar-refractivity contribution in [3.05, 3.63) is 46.5 Å². The molecule has 0 aromatic heterocycles. The second-order valence-corrected chi connectivity index (χ2v) is 6.32. The third kappa shape index (κ3) is 3.28. The number of allylic oxidation sites excluding steroid dienone is 1. The first-order valence-electron chi connectivity index (χ1n) is 7.87. The number of hydrogen-bond donors (Lipinski definition) is 1. The summed E-state index contributed by atoms with van der Waals surface area (Å²) in [5, 5.41) is 0.0409. The van der Waals surface area contributed by atoms with Crippen LogP contribution in [0.3, 0.4) is 0 Å². The summed E-state index contributed by atoms with van der Waals surface area (Å²) >= 11 is 6.27. The monoisotopic (exact) mass is 374 g/mol. The van der Waals surface area contributed by atoms with E-state index < -0.39 is 0 Å². The van der Waals surface area contributed by atoms with Crippen LogP contribution in [0.25, 0.3) is 6.08 Å². The summed E-state index contributed by atoms with van der Waals surface area (Å²) in [6.45, 7) is 0.128. The van der Waals surface area contributed by atoms with Gasteiger partial charge in [-0.15, -0.1) is 0 Å². The zero-order valence-electron chi connectivity index (χ0n) is 14.7. The molecule has 0 saturated carbocycles. The first kappa shape index (κ1) is 17.9. The topological polar surface area (TPSA) is 74.0 Å². The summed E-state index contributed by atoms with van der Waals surface area (Å²) in [7, 11) is 5.28. The van der Waals surface area contributed by atoms with Crippen molar-refractivity contribution in [1.82, 2.24) is 0 Å². The van der Waals surface area contributed by atoms with Crippen molar-refractivity contribution in [2.45, 2.75) is 0 Å². The standard InChI is InChI=1S/C19H19ClN2O4/c1-22(2)15-6-4-11(9-14(15)21)17(23)13(20)8-12-5-7-16-19(18(12)24-3)26-10-25-16/h4-9H,10,21H2,1-3H3/b13-8+. The molecule has 0 saturated heterocycles. The van der Waals surface area contributed by atoms with Crippen molar-refractivity contribution in [3.63, 3.8) is 0 Å². The minimum Gasteiger partial charge on any atom is -0.492 e. The van der Waals surface area contributed by atoms with Crippen LogP contribution in [0.15, 0.2) is 35.4 Å². The number of ether oxygens (including phenoxy) is 3. The highest BCUT2D eigenvalue weighted by Gasteiger charge is 2.22. The number of nitrogen functional groups attached to an aromatic ring is 1. The summed E-state index contributed by atoms with van der Waals surface area (Å²) in [5.74, 6) is 1.23. The van der Waals surface area contributed by atoms with E-state index in [4.69, 9.17) is 31.5 Å². The van der Waals surface area contributed by atoms with E-state index in [0.717, 1.165) is 5.69 Å². The van der Waals surface area contributed by atoms with Crippen LogP contribution in [0.2, 0.25) is 0 Å². The number of fused-ring (bicyclic) bond motifs is 1. The largest absolute Gasteiger partial charge is 0.492 e. The number of halogens is 1. The molecule has 136 valence electrons. The summed E-state index contributed by atoms with van der Waals surface area (Å²) in [4.78, 5) is 14.5. The number of nitrogens with zero attached hydrogens (tertiary/aromatic N) is 1. The Kier molecular flexibility index (Phi) is 4.95. The van der Waals surface area contributed by atoms with Crippen molar-refractivity contribution in [1.29, 1.82) is 0 Å². The molecule has 26 heavy (non-hydrogen) atoms. The quantitative estimate of drug-likeness (QED) is 0.490. The highest BCUT2D eigenvalue weighted by atomic mass is 35.5. The zero-order chi connectivity index (χ0) is 18.8. The maximum absolute atomic E-state index is 12.6. The Morgan fingerprint density at radius 3 is 2.69 bits per heavy atom. The Morgan fingerprint density at radius 1 is 1.27 bits per heavy atom. The van der Waals surface area contributed by atoms with Crippen molar-refractivity contribution in [2.24, 2.45) is 0 Å². The second kappa shape index (κ2) is 7.17. The predicted molar refractivity (Wildman–Crippen MR) is 102 cm³/mol. The van der Waals surface area contributed by atoms with Gasteiger partial charge in [0.15, 0.2) is 11.5 Å². The fourth-order valence-corrected chi connectivity index (χ4v) is 2.96. The van der Waals surface area contributed by atoms with Crippen molar-refractivity contribution < 1.29 is 19.0 Å². The van der Waals surface area contributed by atoms with Crippen molar-refractivity contribution in [3.8, 4) is 17.2 Å². The Hall–Kier alpha value is -2.86. The lowest BCUT2D eigenvalue weighted by Crippen LogP contribution is -2.12. The maximum Gasteiger partial charge on any atom is 0.231 e. The summed E-state index contributed by atoms with van der Waals surface area (Å²) in [6, 6.07) is 8.60. The average Bonchev–Trinajstić information content (AvgIpc) is 3.09. The normalized spacial score (nSPS) is 12.8. The minimum atomic E-state index is -0.330. The van der Waals surface area contributed by atoms with E-state index in [1.54, 1.807) is 36.4 Å². The molecule has 3 rings (SSSR count). The Labute approximate surface area is 156 Å². The van der Waals surface area contributed by atoms with Crippen LogP contribution in [-0.4, -0.2) is 33.8 Å². The van der Waals surface area contributed by atoms with Gasteiger partial charge in [0.2, 0.25) is 18.3 Å². The molecule has 1 aliphatic rings. The van der Waals surface area contributed by atoms with Gasteiger partial charge in [0.25, 0.3) is 0 Å². The van der Waals surface area contributed by atoms with Crippen LogP contribution in [0.5, 0.6) is 17.2 Å². The molecule has 2 aromatic rings. The molecule has 0 aliphatic carbocycles. The van der Waals surface area contributed by atoms with Gasteiger partial charge in [0.05, 0.1) is 23.5 Å². The number of carbonyl (C=O) groups excluding carboxylic acids is 1. The number of nitrogens with two attached hydrogens (primary N) is 1. The molecular formula is C19H19ClN2O4. The summed E-state index contributed by atoms with van der Waals surface area (Å²) < 4.78 is 16.1. The van der Waals surface area contributed by atoms with E-state index in [0.29, 0.717) is 34.1 Å². The van der Waals surface area contributed by atoms with E-state index in [9.17, 15) is 4.79 Å². The number of anilines is 2. The van der Waals surface area contributed by atoms with Crippen LogP contribution in [0.4, 0.5) is 11.4 Å². The number of methoxy groups -OCH3 is 1. The van der Waals surface area contributed by atoms with Gasteiger partial charge in [0, 0.05) is 25.2 Å². The van der Waals surface area contributed by atoms with E-state index in [1.807, 2.05) is 19.0 Å². The highest BCUT2D eigenvalue weighted by Crippen LogP contribution is 2.44. The van der Waals surface area contributed by atoms with Gasteiger partial charge >= 0.3 is 0 Å². The van der Waals surface area contributed by atoms with Gasteiger partial charge in [0.1, 0.15) is 0 Å². The van der Waals surface area contributed by atoms with Crippen LogP contribution in [-0.2, 0) is 0 Å². The Bertz CT molecular complexity index is 893. The summed E-state index contributed by atoms with van der Waals surface area (Å²) in [5.41, 5.74) is 8.38. The lowest BCUT2D eigenvalue weighted by Gasteiger charge is -2.15. The fraction of sp³-hybridized carbons (Fsp3) is 0.211. The number of Topliss-reactive ketones (excluding diaryl/α,β-unsaturated/α-hetero) is 1. The Balaban J connectivity index is 1.93. The molecule has 6 nitrogen and oxygen atoms in total. The molecule has 7 heteroatoms. The SMILES string of the molecule is COc1c(/C=C(/Cl)C(=O)c2ccc(N(C)C)c(N)c2)ccc2c1OCO2. The minimum absolute atomic E-state index is 0.0409. The van der Waals surface area contributed by atoms with Gasteiger partial charge < -0.3 is 24.8 Å². The first-order chi connectivity index (χ1) is 12.4. The van der Waals surface area contributed by atoms with Gasteiger partial charge in [-0.25, -0.2) is 0 Å². The van der Waals surface area contributed by atoms with E-state index in [2.05, 4.69) is 0 Å². The molecule has 0 amide bonds. The maximum atomic E-state index is 12.6. The van der Waals surface area contributed by atoms with Crippen LogP contribution < -0.4 is 24.8 Å². The van der Waals surface area contributed by atoms with Crippen molar-refractivity contribution >= 4 is 34.8 Å². The number of benzene rings is 2. The molecule has 1 heterocycles. The van der Waals surface area contributed by atoms with Gasteiger partial charge in [-0.3, -0.25) is 4.79 Å². The molecular weight excluding hydrogens is 356 g/mol. The van der Waals surface area contributed by atoms with Crippen LogP contribution in [0.1, 0.15) is 15.9 Å². The number of hydrogen-bond acceptors (Lipinski definition) is 6. The Morgan fingerprint density at radius 2 is 2.04 bits per heavy atom. The zero-order valence-corrected chi connectivity index (χ0v) is 15.5. The molecule has 0 spiro atoms. The van der Waals surface area contributed by atoms with E-state index in [1.165, 1.54) is 7.11 Å². The number of rotatable bonds is 5. The molecule has 2 N–H and O–H groups in total. The fourth-order valence-electron chi connectivity index (χ4n) is 2.73. The van der Waals surface area contributed by atoms with Gasteiger partial charge in [-0.2, -0.15) is 0 Å². The molecule has 0 radical (unpaired) electrons. The average molecular weight is 375 g/mol. The lowest BCUT2D eigenvalue weighted by atomic mass is 10.1. The van der Waals surface area contributed by atoms with Crippen molar-refractivity contribution in [2.75, 3.05) is 38.6 Å². The number of ketones is 1. The molecule has 0 unspecified atom stereocenters. The van der Waals surface area contributed by atoms with E-state index >= 15 is 0 Å². The summed E-state index contributed by atoms with van der Waals surface area (Å²) in [6.07, 6.45) is 1.54. The van der Waals surface area contributed by atoms with Crippen LogP contribution in [0, 0.1) is 0 Å². The van der Waals surface area contributed by atoms with Gasteiger partial charge in [-0.05, 0) is 36.4 Å². The molecule has 2 aromatic carbocycles. The molecule has 0 bridgehead atoms. The molecule has 0 fully saturated rings. The second-order valence-electron chi connectivity index (χ2n) is 5.91.